The van der Waals surface area contributed by atoms with Crippen molar-refractivity contribution in [1.82, 2.24) is 4.57 Å². The van der Waals surface area contributed by atoms with Crippen molar-refractivity contribution in [2.24, 2.45) is 7.05 Å². The number of rotatable bonds is 4. The number of aryl methyl sites for hydroxylation is 1. The quantitative estimate of drug-likeness (QED) is 0.680. The fourth-order valence-electron chi connectivity index (χ4n) is 3.19. The maximum atomic E-state index is 12.8. The fourth-order valence-corrected chi connectivity index (χ4v) is 5.24. The number of carbonyl (C=O) groups excluding carboxylic acids is 1. The number of benzene rings is 2. The van der Waals surface area contributed by atoms with Gasteiger partial charge < -0.3 is 14.6 Å². The Balaban J connectivity index is 1.61. The van der Waals surface area contributed by atoms with Gasteiger partial charge in [0.1, 0.15) is 5.75 Å². The lowest BCUT2D eigenvalue weighted by atomic mass is 10.2. The lowest BCUT2D eigenvalue weighted by Gasteiger charge is -2.34. The molecule has 1 aliphatic rings. The van der Waals surface area contributed by atoms with Gasteiger partial charge >= 0.3 is 4.87 Å². The average Bonchev–Trinajstić information content (AvgIpc) is 3.00. The molecule has 10 heteroatoms. The molecule has 4 rings (SSSR count). The molecule has 0 aliphatic carbocycles. The summed E-state index contributed by atoms with van der Waals surface area (Å²) >= 11 is 1.09. The summed E-state index contributed by atoms with van der Waals surface area (Å²) in [5.74, 6) is -0.203. The minimum absolute atomic E-state index is 0.0841. The van der Waals surface area contributed by atoms with Crippen LogP contribution in [0.5, 0.6) is 5.75 Å². The molecule has 1 amide bonds. The van der Waals surface area contributed by atoms with Gasteiger partial charge in [-0.2, -0.15) is 0 Å². The Morgan fingerprint density at radius 1 is 1.28 bits per heavy atom. The minimum atomic E-state index is -3.57. The number of fused-ring (bicyclic) bond motifs is 2. The van der Waals surface area contributed by atoms with Crippen LogP contribution < -0.4 is 19.2 Å². The van der Waals surface area contributed by atoms with Crippen LogP contribution in [0.1, 0.15) is 6.92 Å². The zero-order valence-corrected chi connectivity index (χ0v) is 17.4. The first-order valence-corrected chi connectivity index (χ1v) is 11.4. The van der Waals surface area contributed by atoms with Crippen molar-refractivity contribution >= 4 is 48.9 Å². The van der Waals surface area contributed by atoms with E-state index < -0.39 is 22.0 Å². The Kier molecular flexibility index (Phi) is 4.83. The number of hydrogen-bond donors (Lipinski definition) is 1. The zero-order chi connectivity index (χ0) is 20.8. The monoisotopic (exact) mass is 433 g/mol. The molecule has 0 saturated carbocycles. The molecule has 1 atom stereocenters. The highest BCUT2D eigenvalue weighted by Crippen LogP contribution is 2.35. The molecule has 0 radical (unpaired) electrons. The van der Waals surface area contributed by atoms with E-state index in [-0.39, 0.29) is 17.2 Å². The summed E-state index contributed by atoms with van der Waals surface area (Å²) in [5, 5.41) is 2.76. The van der Waals surface area contributed by atoms with E-state index in [1.165, 1.54) is 4.31 Å². The molecule has 8 nitrogen and oxygen atoms in total. The van der Waals surface area contributed by atoms with E-state index in [0.29, 0.717) is 17.1 Å². The molecule has 1 N–H and O–H groups in total. The number of thiazole rings is 1. The van der Waals surface area contributed by atoms with Crippen molar-refractivity contribution in [2.45, 2.75) is 13.0 Å². The van der Waals surface area contributed by atoms with Gasteiger partial charge in [0.25, 0.3) is 5.91 Å². The highest BCUT2D eigenvalue weighted by Gasteiger charge is 2.35. The predicted octanol–water partition coefficient (Wildman–Crippen LogP) is 2.16. The van der Waals surface area contributed by atoms with Gasteiger partial charge in [0, 0.05) is 12.7 Å². The van der Waals surface area contributed by atoms with Gasteiger partial charge in [-0.05, 0) is 37.3 Å². The first-order chi connectivity index (χ1) is 13.8. The number of hydrogen-bond acceptors (Lipinski definition) is 6. The number of para-hydroxylation sites is 2. The number of anilines is 2. The van der Waals surface area contributed by atoms with Gasteiger partial charge in [-0.15, -0.1) is 0 Å². The number of sulfonamides is 1. The van der Waals surface area contributed by atoms with Crippen molar-refractivity contribution < 1.29 is 17.9 Å². The molecule has 2 aromatic carbocycles. The van der Waals surface area contributed by atoms with E-state index in [4.69, 9.17) is 4.74 Å². The van der Waals surface area contributed by atoms with Crippen molar-refractivity contribution in [3.8, 4) is 5.75 Å². The molecule has 152 valence electrons. The molecule has 0 fully saturated rings. The highest BCUT2D eigenvalue weighted by molar-refractivity contribution is 7.92. The Labute approximate surface area is 171 Å². The van der Waals surface area contributed by atoms with Crippen molar-refractivity contribution in [2.75, 3.05) is 21.9 Å². The van der Waals surface area contributed by atoms with Gasteiger partial charge in [0.2, 0.25) is 10.0 Å². The normalized spacial score (nSPS) is 16.3. The second-order valence-corrected chi connectivity index (χ2v) is 9.78. The van der Waals surface area contributed by atoms with Crippen LogP contribution in [0.25, 0.3) is 10.2 Å². The summed E-state index contributed by atoms with van der Waals surface area (Å²) in [4.78, 5) is 24.5. The molecule has 1 aliphatic heterocycles. The lowest BCUT2D eigenvalue weighted by Crippen LogP contribution is -2.49. The third-order valence-electron chi connectivity index (χ3n) is 4.79. The van der Waals surface area contributed by atoms with Gasteiger partial charge in [-0.25, -0.2) is 8.42 Å². The number of carbonyl (C=O) groups is 1. The van der Waals surface area contributed by atoms with Crippen LogP contribution in [0.4, 0.5) is 11.4 Å². The molecular formula is C19H19N3O5S2. The molecule has 3 aromatic rings. The third kappa shape index (κ3) is 3.49. The maximum absolute atomic E-state index is 12.8. The number of nitrogens with one attached hydrogen (secondary N) is 1. The maximum Gasteiger partial charge on any atom is 0.307 e. The predicted molar refractivity (Wildman–Crippen MR) is 113 cm³/mol. The van der Waals surface area contributed by atoms with E-state index in [9.17, 15) is 18.0 Å². The molecule has 0 unspecified atom stereocenters. The smallest absolute Gasteiger partial charge is 0.307 e. The Hall–Kier alpha value is -2.85. The second-order valence-electron chi connectivity index (χ2n) is 6.60. The summed E-state index contributed by atoms with van der Waals surface area (Å²) in [6, 6.07) is 11.9. The number of amides is 1. The van der Waals surface area contributed by atoms with Crippen LogP contribution in [0.2, 0.25) is 0 Å². The van der Waals surface area contributed by atoms with Gasteiger partial charge in [-0.3, -0.25) is 13.9 Å². The Morgan fingerprint density at radius 3 is 2.79 bits per heavy atom. The van der Waals surface area contributed by atoms with E-state index in [1.807, 2.05) is 0 Å². The van der Waals surface area contributed by atoms with E-state index >= 15 is 0 Å². The molecule has 1 aromatic heterocycles. The topological polar surface area (TPSA) is 97.7 Å². The molecular weight excluding hydrogens is 414 g/mol. The van der Waals surface area contributed by atoms with E-state index in [2.05, 4.69) is 5.32 Å². The number of nitrogens with zero attached hydrogens (tertiary/aromatic N) is 2. The van der Waals surface area contributed by atoms with Crippen LogP contribution in [0.15, 0.2) is 47.3 Å². The summed E-state index contributed by atoms with van der Waals surface area (Å²) < 4.78 is 34.4. The third-order valence-corrected chi connectivity index (χ3v) is 7.53. The van der Waals surface area contributed by atoms with Crippen LogP contribution in [0.3, 0.4) is 0 Å². The second kappa shape index (κ2) is 7.20. The summed E-state index contributed by atoms with van der Waals surface area (Å²) in [6.07, 6.45) is -1.00. The van der Waals surface area contributed by atoms with Crippen molar-refractivity contribution in [3.05, 3.63) is 52.1 Å². The van der Waals surface area contributed by atoms with Crippen molar-refractivity contribution in [3.63, 3.8) is 0 Å². The minimum Gasteiger partial charge on any atom is -0.476 e. The zero-order valence-electron chi connectivity index (χ0n) is 15.8. The Morgan fingerprint density at radius 2 is 2.03 bits per heavy atom. The number of aromatic nitrogens is 1. The molecule has 0 spiro atoms. The van der Waals surface area contributed by atoms with Gasteiger partial charge in [0.15, 0.2) is 6.10 Å². The summed E-state index contributed by atoms with van der Waals surface area (Å²) in [5.41, 5.74) is 1.71. The van der Waals surface area contributed by atoms with Crippen LogP contribution in [0, 0.1) is 0 Å². The summed E-state index contributed by atoms with van der Waals surface area (Å²) in [6.45, 7) is 1.45. The molecule has 0 saturated heterocycles. The fraction of sp³-hybridized carbons (Fsp3) is 0.263. The summed E-state index contributed by atoms with van der Waals surface area (Å²) in [7, 11) is -1.88. The van der Waals surface area contributed by atoms with Crippen molar-refractivity contribution in [1.29, 1.82) is 0 Å². The van der Waals surface area contributed by atoms with Crippen LogP contribution >= 0.6 is 11.3 Å². The van der Waals surface area contributed by atoms with Crippen LogP contribution in [-0.2, 0) is 21.9 Å². The molecule has 2 heterocycles. The van der Waals surface area contributed by atoms with Crippen LogP contribution in [-0.4, -0.2) is 37.3 Å². The standard InChI is InChI=1S/C19H19N3O5S2/c1-3-29(25,26)22-11-16(27-15-7-5-4-6-13(15)22)18(23)20-12-8-9-14-17(10-12)28-19(24)21(14)2/h4-10,16H,3,11H2,1-2H3,(H,20,23)/t16-/m1/s1. The highest BCUT2D eigenvalue weighted by atomic mass is 32.2. The number of ether oxygens (including phenoxy) is 1. The van der Waals surface area contributed by atoms with E-state index in [0.717, 1.165) is 21.6 Å². The Bertz CT molecular complexity index is 1260. The molecule has 0 bridgehead atoms. The first kappa shape index (κ1) is 19.5. The van der Waals surface area contributed by atoms with Gasteiger partial charge in [-0.1, -0.05) is 23.5 Å². The van der Waals surface area contributed by atoms with Gasteiger partial charge in [0.05, 0.1) is 28.2 Å². The van der Waals surface area contributed by atoms with E-state index in [1.54, 1.807) is 61.0 Å². The SMILES string of the molecule is CCS(=O)(=O)N1C[C@H](C(=O)Nc2ccc3c(c2)sc(=O)n3C)Oc2ccccc21. The largest absolute Gasteiger partial charge is 0.476 e. The first-order valence-electron chi connectivity index (χ1n) is 8.96. The average molecular weight is 434 g/mol. The lowest BCUT2D eigenvalue weighted by molar-refractivity contribution is -0.122. The molecule has 29 heavy (non-hydrogen) atoms.